The number of fused-ring (bicyclic) bond motifs is 2. The number of halogens is 1. The maximum Gasteiger partial charge on any atom is 0.265 e. The standard InChI is InChI=1S/C42H51FN12O5/c1-25(2)55-33-22-35(46-34-6-11-44-42(47-34)53-14-9-28(60-3)10-15-53)45-23-30(33)38(49-55)52-12-7-27(8-13-52)51-18-16-50(17-19-51)24-26-20-29-37(31(43)21-26)41(59)54(40(29)58)32-4-5-36(56)48-39(32)57/h6,11,20-23,25,27-28,32H,4-5,7-10,12-19,24H2,1-3H3,(H,48,56,57)(H,44,45,46,47). The van der Waals surface area contributed by atoms with Crippen LogP contribution in [0.3, 0.4) is 0 Å². The Morgan fingerprint density at radius 2 is 1.63 bits per heavy atom. The Morgan fingerprint density at radius 3 is 2.35 bits per heavy atom. The number of ether oxygens (including phenoxy) is 1. The smallest absolute Gasteiger partial charge is 0.265 e. The number of hydrogen-bond donors (Lipinski definition) is 2. The maximum atomic E-state index is 15.4. The second-order valence-corrected chi connectivity index (χ2v) is 16.7. The Bertz CT molecular complexity index is 2310. The van der Waals surface area contributed by atoms with Gasteiger partial charge >= 0.3 is 0 Å². The van der Waals surface area contributed by atoms with Crippen LogP contribution in [-0.4, -0.2) is 141 Å². The fourth-order valence-corrected chi connectivity index (χ4v) is 9.39. The summed E-state index contributed by atoms with van der Waals surface area (Å²) in [5, 5.41) is 11.7. The van der Waals surface area contributed by atoms with E-state index in [2.05, 4.69) is 59.8 Å². The molecule has 0 spiro atoms. The third-order valence-corrected chi connectivity index (χ3v) is 12.7. The summed E-state index contributed by atoms with van der Waals surface area (Å²) >= 11 is 0. The van der Waals surface area contributed by atoms with E-state index >= 15 is 4.39 Å². The van der Waals surface area contributed by atoms with Crippen molar-refractivity contribution in [3.8, 4) is 0 Å². The van der Waals surface area contributed by atoms with Gasteiger partial charge in [0.25, 0.3) is 11.8 Å². The number of anilines is 4. The first kappa shape index (κ1) is 39.8. The molecule has 3 aromatic heterocycles. The fraction of sp³-hybridized carbons (Fsp3) is 0.524. The number of methoxy groups -OCH3 is 1. The Balaban J connectivity index is 0.800. The molecule has 0 saturated carbocycles. The second kappa shape index (κ2) is 16.5. The van der Waals surface area contributed by atoms with E-state index in [4.69, 9.17) is 19.8 Å². The van der Waals surface area contributed by atoms with Crippen molar-refractivity contribution in [2.24, 2.45) is 0 Å². The highest BCUT2D eigenvalue weighted by Crippen LogP contribution is 2.34. The molecule has 18 heteroatoms. The van der Waals surface area contributed by atoms with Crippen LogP contribution < -0.4 is 20.4 Å². The molecule has 5 aliphatic rings. The predicted molar refractivity (Wildman–Crippen MR) is 221 cm³/mol. The minimum atomic E-state index is -1.14. The van der Waals surface area contributed by atoms with Crippen LogP contribution in [0.15, 0.2) is 36.7 Å². The lowest BCUT2D eigenvalue weighted by molar-refractivity contribution is -0.136. The zero-order valence-corrected chi connectivity index (χ0v) is 34.3. The number of rotatable bonds is 10. The van der Waals surface area contributed by atoms with Crippen molar-refractivity contribution in [2.75, 3.05) is 74.6 Å². The molecule has 4 fully saturated rings. The van der Waals surface area contributed by atoms with Crippen molar-refractivity contribution in [1.82, 2.24) is 44.7 Å². The monoisotopic (exact) mass is 822 g/mol. The van der Waals surface area contributed by atoms with Crippen molar-refractivity contribution < 1.29 is 28.3 Å². The highest BCUT2D eigenvalue weighted by molar-refractivity contribution is 6.23. The Kier molecular flexibility index (Phi) is 10.9. The normalized spacial score (nSPS) is 21.4. The number of aromatic nitrogens is 5. The number of benzene rings is 1. The van der Waals surface area contributed by atoms with E-state index < -0.39 is 35.5 Å². The molecule has 5 aliphatic heterocycles. The number of nitrogens with zero attached hydrogens (tertiary/aromatic N) is 10. The number of amides is 4. The molecule has 4 aromatic rings. The molecular weight excluding hydrogens is 772 g/mol. The molecule has 1 aromatic carbocycles. The van der Waals surface area contributed by atoms with E-state index in [0.29, 0.717) is 35.7 Å². The number of piperidine rings is 3. The van der Waals surface area contributed by atoms with Crippen LogP contribution in [-0.2, 0) is 20.9 Å². The van der Waals surface area contributed by atoms with Crippen molar-refractivity contribution in [3.63, 3.8) is 0 Å². The molecule has 4 saturated heterocycles. The van der Waals surface area contributed by atoms with Crippen LogP contribution in [0.1, 0.15) is 84.7 Å². The lowest BCUT2D eigenvalue weighted by Crippen LogP contribution is -2.54. The first-order chi connectivity index (χ1) is 29.0. The highest BCUT2D eigenvalue weighted by atomic mass is 19.1. The number of carbonyl (C=O) groups excluding carboxylic acids is 4. The molecule has 60 heavy (non-hydrogen) atoms. The van der Waals surface area contributed by atoms with E-state index in [1.54, 1.807) is 19.4 Å². The Hall–Kier alpha value is -5.59. The largest absolute Gasteiger partial charge is 0.381 e. The molecule has 0 aliphatic carbocycles. The van der Waals surface area contributed by atoms with Crippen LogP contribution in [0.4, 0.5) is 27.8 Å². The van der Waals surface area contributed by atoms with Crippen molar-refractivity contribution in [3.05, 3.63) is 59.2 Å². The lowest BCUT2D eigenvalue weighted by Gasteiger charge is -2.43. The summed E-state index contributed by atoms with van der Waals surface area (Å²) in [6, 6.07) is 6.24. The maximum absolute atomic E-state index is 15.4. The molecule has 8 heterocycles. The predicted octanol–water partition coefficient (Wildman–Crippen LogP) is 3.49. The van der Waals surface area contributed by atoms with Gasteiger partial charge in [0.2, 0.25) is 17.8 Å². The SMILES string of the molecule is COC1CCN(c2nccc(Nc3cc4c(cn3)c(N3CCC(N5CCN(Cc6cc(F)c7c(c6)C(=O)N(C6CCC(=O)NC6=O)C7=O)CC5)CC3)nn4C(C)C)n2)CC1. The number of hydrogen-bond acceptors (Lipinski definition) is 14. The summed E-state index contributed by atoms with van der Waals surface area (Å²) in [5.74, 6) is -0.462. The number of pyridine rings is 1. The minimum absolute atomic E-state index is 0.00428. The minimum Gasteiger partial charge on any atom is -0.381 e. The molecule has 316 valence electrons. The summed E-state index contributed by atoms with van der Waals surface area (Å²) in [6.45, 7) is 11.4. The van der Waals surface area contributed by atoms with Gasteiger partial charge in [0.15, 0.2) is 5.82 Å². The Morgan fingerprint density at radius 1 is 0.883 bits per heavy atom. The second-order valence-electron chi connectivity index (χ2n) is 16.7. The van der Waals surface area contributed by atoms with Gasteiger partial charge in [-0.25, -0.2) is 14.4 Å². The zero-order chi connectivity index (χ0) is 41.7. The quantitative estimate of drug-likeness (QED) is 0.223. The van der Waals surface area contributed by atoms with E-state index in [9.17, 15) is 19.2 Å². The average Bonchev–Trinajstić information content (AvgIpc) is 3.75. The molecule has 1 unspecified atom stereocenters. The van der Waals surface area contributed by atoms with E-state index in [0.717, 1.165) is 99.7 Å². The van der Waals surface area contributed by atoms with Gasteiger partial charge in [-0.1, -0.05) is 0 Å². The van der Waals surface area contributed by atoms with Crippen LogP contribution in [0.25, 0.3) is 10.9 Å². The zero-order valence-electron chi connectivity index (χ0n) is 34.3. The van der Waals surface area contributed by atoms with Crippen molar-refractivity contribution >= 4 is 57.9 Å². The number of piperazine rings is 1. The third-order valence-electron chi connectivity index (χ3n) is 12.7. The van der Waals surface area contributed by atoms with E-state index in [1.807, 2.05) is 12.3 Å². The molecule has 0 bridgehead atoms. The fourth-order valence-electron chi connectivity index (χ4n) is 9.39. The highest BCUT2D eigenvalue weighted by Gasteiger charge is 2.46. The van der Waals surface area contributed by atoms with Crippen LogP contribution in [0.2, 0.25) is 0 Å². The van der Waals surface area contributed by atoms with Crippen LogP contribution >= 0.6 is 0 Å². The molecule has 1 atom stereocenters. The van der Waals surface area contributed by atoms with Crippen LogP contribution in [0.5, 0.6) is 0 Å². The Labute approximate surface area is 347 Å². The number of nitrogens with one attached hydrogen (secondary N) is 2. The van der Waals surface area contributed by atoms with E-state index in [1.165, 1.54) is 6.07 Å². The van der Waals surface area contributed by atoms with Gasteiger partial charge in [0.05, 0.1) is 28.1 Å². The summed E-state index contributed by atoms with van der Waals surface area (Å²) in [6.07, 6.45) is 7.89. The van der Waals surface area contributed by atoms with Gasteiger partial charge in [-0.15, -0.1) is 0 Å². The molecule has 2 N–H and O–H groups in total. The van der Waals surface area contributed by atoms with Gasteiger partial charge in [-0.3, -0.25) is 43.9 Å². The van der Waals surface area contributed by atoms with Gasteiger partial charge < -0.3 is 19.9 Å². The number of carbonyl (C=O) groups is 4. The van der Waals surface area contributed by atoms with Gasteiger partial charge in [-0.05, 0) is 69.7 Å². The topological polar surface area (TPSA) is 174 Å². The average molecular weight is 823 g/mol. The molecule has 17 nitrogen and oxygen atoms in total. The summed E-state index contributed by atoms with van der Waals surface area (Å²) < 4.78 is 23.0. The number of imide groups is 2. The third kappa shape index (κ3) is 7.67. The van der Waals surface area contributed by atoms with Gasteiger partial charge in [-0.2, -0.15) is 10.1 Å². The first-order valence-electron chi connectivity index (χ1n) is 21.1. The van der Waals surface area contributed by atoms with Crippen molar-refractivity contribution in [1.29, 1.82) is 0 Å². The molecule has 0 radical (unpaired) electrons. The van der Waals surface area contributed by atoms with Crippen LogP contribution in [0, 0.1) is 5.82 Å². The van der Waals surface area contributed by atoms with E-state index in [-0.39, 0.29) is 36.1 Å². The summed E-state index contributed by atoms with van der Waals surface area (Å²) in [7, 11) is 1.77. The molecule has 9 rings (SSSR count). The summed E-state index contributed by atoms with van der Waals surface area (Å²) in [4.78, 5) is 74.8. The van der Waals surface area contributed by atoms with Gasteiger partial charge in [0.1, 0.15) is 23.5 Å². The first-order valence-corrected chi connectivity index (χ1v) is 21.1. The van der Waals surface area contributed by atoms with Crippen molar-refractivity contribution in [2.45, 2.75) is 83.1 Å². The molecule has 4 amide bonds. The van der Waals surface area contributed by atoms with Gasteiger partial charge in [0, 0.05) is 103 Å². The summed E-state index contributed by atoms with van der Waals surface area (Å²) in [5.41, 5.74) is 1.27. The lowest BCUT2D eigenvalue weighted by atomic mass is 10.0. The molecular formula is C42H51FN12O5.